The summed E-state index contributed by atoms with van der Waals surface area (Å²) in [6.45, 7) is 0.0724. The lowest BCUT2D eigenvalue weighted by atomic mass is 10.3. The molecule has 0 fully saturated rings. The van der Waals surface area contributed by atoms with Crippen molar-refractivity contribution in [3.05, 3.63) is 65.2 Å². The highest BCUT2D eigenvalue weighted by Gasteiger charge is 2.10. The first-order chi connectivity index (χ1) is 11.6. The van der Waals surface area contributed by atoms with Crippen molar-refractivity contribution in [2.45, 2.75) is 6.54 Å². The summed E-state index contributed by atoms with van der Waals surface area (Å²) in [5, 5.41) is 17.1. The first-order valence-corrected chi connectivity index (χ1v) is 7.33. The van der Waals surface area contributed by atoms with Gasteiger partial charge in [0, 0.05) is 10.7 Å². The number of halogens is 2. The topological polar surface area (TPSA) is 84.7 Å². The Bertz CT molecular complexity index is 851. The molecule has 2 amide bonds. The van der Waals surface area contributed by atoms with Crippen LogP contribution in [-0.4, -0.2) is 26.2 Å². The number of hydrogen-bond acceptors (Lipinski definition) is 4. The standard InChI is InChI=1S/C15H12ClFN6O/c16-10-4-6-12(7-5-10)19-15(24)18-9-14-20-21-22-23(14)13-3-1-2-11(17)8-13/h1-8H,9H2,(H2,18,19,24). The van der Waals surface area contributed by atoms with E-state index in [9.17, 15) is 9.18 Å². The molecule has 0 aliphatic heterocycles. The number of carbonyl (C=O) groups is 1. The quantitative estimate of drug-likeness (QED) is 0.760. The second kappa shape index (κ2) is 7.05. The first kappa shape index (κ1) is 15.9. The van der Waals surface area contributed by atoms with Gasteiger partial charge in [-0.2, -0.15) is 4.68 Å². The van der Waals surface area contributed by atoms with Crippen molar-refractivity contribution in [2.75, 3.05) is 5.32 Å². The summed E-state index contributed by atoms with van der Waals surface area (Å²) in [7, 11) is 0. The molecule has 0 aliphatic rings. The van der Waals surface area contributed by atoms with Crippen molar-refractivity contribution in [3.63, 3.8) is 0 Å². The molecule has 2 N–H and O–H groups in total. The Morgan fingerprint density at radius 2 is 2.00 bits per heavy atom. The Hall–Kier alpha value is -3.00. The molecule has 0 unspecified atom stereocenters. The Morgan fingerprint density at radius 1 is 1.21 bits per heavy atom. The molecule has 3 aromatic rings. The molecular weight excluding hydrogens is 335 g/mol. The van der Waals surface area contributed by atoms with Crippen LogP contribution < -0.4 is 10.6 Å². The van der Waals surface area contributed by atoms with Gasteiger partial charge in [-0.25, -0.2) is 9.18 Å². The summed E-state index contributed by atoms with van der Waals surface area (Å²) in [5.41, 5.74) is 1.07. The smallest absolute Gasteiger partial charge is 0.319 e. The van der Waals surface area contributed by atoms with Gasteiger partial charge in [0.15, 0.2) is 5.82 Å². The molecule has 24 heavy (non-hydrogen) atoms. The van der Waals surface area contributed by atoms with E-state index in [0.717, 1.165) is 0 Å². The van der Waals surface area contributed by atoms with Crippen molar-refractivity contribution in [3.8, 4) is 5.69 Å². The van der Waals surface area contributed by atoms with Crippen molar-refractivity contribution in [1.82, 2.24) is 25.5 Å². The van der Waals surface area contributed by atoms with Crippen LogP contribution in [0.3, 0.4) is 0 Å². The average Bonchev–Trinajstić information content (AvgIpc) is 3.04. The lowest BCUT2D eigenvalue weighted by molar-refractivity contribution is 0.251. The highest BCUT2D eigenvalue weighted by Crippen LogP contribution is 2.13. The van der Waals surface area contributed by atoms with Crippen LogP contribution in [0.5, 0.6) is 0 Å². The summed E-state index contributed by atoms with van der Waals surface area (Å²) in [6.07, 6.45) is 0. The van der Waals surface area contributed by atoms with E-state index in [1.807, 2.05) is 0 Å². The first-order valence-electron chi connectivity index (χ1n) is 6.95. The van der Waals surface area contributed by atoms with Gasteiger partial charge < -0.3 is 10.6 Å². The molecule has 0 bridgehead atoms. The molecule has 1 heterocycles. The summed E-state index contributed by atoms with van der Waals surface area (Å²) in [6, 6.07) is 12.1. The number of amides is 2. The molecule has 7 nitrogen and oxygen atoms in total. The maximum Gasteiger partial charge on any atom is 0.319 e. The van der Waals surface area contributed by atoms with Crippen molar-refractivity contribution >= 4 is 23.3 Å². The number of anilines is 1. The second-order valence-corrected chi connectivity index (χ2v) is 5.24. The van der Waals surface area contributed by atoms with E-state index >= 15 is 0 Å². The second-order valence-electron chi connectivity index (χ2n) is 4.80. The van der Waals surface area contributed by atoms with Gasteiger partial charge in [0.25, 0.3) is 0 Å². The predicted octanol–water partition coefficient (Wildman–Crippen LogP) is 2.78. The van der Waals surface area contributed by atoms with E-state index in [1.165, 1.54) is 16.8 Å². The summed E-state index contributed by atoms with van der Waals surface area (Å²) >= 11 is 5.78. The minimum Gasteiger partial charge on any atom is -0.330 e. The van der Waals surface area contributed by atoms with Gasteiger partial charge in [0.1, 0.15) is 5.82 Å². The highest BCUT2D eigenvalue weighted by atomic mass is 35.5. The predicted molar refractivity (Wildman–Crippen MR) is 86.4 cm³/mol. The molecule has 0 saturated heterocycles. The lowest BCUT2D eigenvalue weighted by Crippen LogP contribution is -2.29. The highest BCUT2D eigenvalue weighted by molar-refractivity contribution is 6.30. The van der Waals surface area contributed by atoms with E-state index in [4.69, 9.17) is 11.6 Å². The van der Waals surface area contributed by atoms with Crippen molar-refractivity contribution in [2.24, 2.45) is 0 Å². The van der Waals surface area contributed by atoms with Crippen LogP contribution in [-0.2, 0) is 6.54 Å². The van der Waals surface area contributed by atoms with Gasteiger partial charge >= 0.3 is 6.03 Å². The molecule has 2 aromatic carbocycles. The fraction of sp³-hybridized carbons (Fsp3) is 0.0667. The lowest BCUT2D eigenvalue weighted by Gasteiger charge is -2.08. The molecule has 9 heteroatoms. The number of benzene rings is 2. The van der Waals surface area contributed by atoms with E-state index in [1.54, 1.807) is 36.4 Å². The molecule has 0 aliphatic carbocycles. The Kier molecular flexibility index (Phi) is 4.66. The Labute approximate surface area is 141 Å². The number of aromatic nitrogens is 4. The summed E-state index contributed by atoms with van der Waals surface area (Å²) in [4.78, 5) is 11.9. The molecular formula is C15H12ClFN6O. The number of carbonyl (C=O) groups excluding carboxylic acids is 1. The normalized spacial score (nSPS) is 10.4. The van der Waals surface area contributed by atoms with Crippen LogP contribution >= 0.6 is 11.6 Å². The van der Waals surface area contributed by atoms with Crippen LogP contribution in [0, 0.1) is 5.82 Å². The van der Waals surface area contributed by atoms with E-state index < -0.39 is 11.8 Å². The zero-order valence-electron chi connectivity index (χ0n) is 12.3. The molecule has 122 valence electrons. The zero-order valence-corrected chi connectivity index (χ0v) is 13.0. The average molecular weight is 347 g/mol. The third kappa shape index (κ3) is 3.85. The van der Waals surface area contributed by atoms with Crippen molar-refractivity contribution in [1.29, 1.82) is 0 Å². The monoisotopic (exact) mass is 346 g/mol. The molecule has 3 rings (SSSR count). The van der Waals surface area contributed by atoms with Gasteiger partial charge in [-0.3, -0.25) is 0 Å². The number of hydrogen-bond donors (Lipinski definition) is 2. The van der Waals surface area contributed by atoms with Crippen LogP contribution in [0.1, 0.15) is 5.82 Å². The van der Waals surface area contributed by atoms with Gasteiger partial charge in [0.2, 0.25) is 0 Å². The Morgan fingerprint density at radius 3 is 2.75 bits per heavy atom. The zero-order chi connectivity index (χ0) is 16.9. The van der Waals surface area contributed by atoms with Gasteiger partial charge in [0.05, 0.1) is 12.2 Å². The third-order valence-electron chi connectivity index (χ3n) is 3.10. The minimum atomic E-state index is -0.425. The number of tetrazole rings is 1. The van der Waals surface area contributed by atoms with Crippen LogP contribution in [0.15, 0.2) is 48.5 Å². The summed E-state index contributed by atoms with van der Waals surface area (Å²) < 4.78 is 14.7. The van der Waals surface area contributed by atoms with Crippen LogP contribution in [0.2, 0.25) is 5.02 Å². The molecule has 1 aromatic heterocycles. The summed E-state index contributed by atoms with van der Waals surface area (Å²) in [5.74, 6) is -0.0331. The molecule has 0 atom stereocenters. The maximum absolute atomic E-state index is 13.3. The van der Waals surface area contributed by atoms with E-state index in [2.05, 4.69) is 26.2 Å². The fourth-order valence-electron chi connectivity index (χ4n) is 1.99. The van der Waals surface area contributed by atoms with E-state index in [-0.39, 0.29) is 6.54 Å². The SMILES string of the molecule is O=C(NCc1nnnn1-c1cccc(F)c1)Nc1ccc(Cl)cc1. The van der Waals surface area contributed by atoms with Gasteiger partial charge in [-0.05, 0) is 52.9 Å². The Balaban J connectivity index is 1.64. The molecule has 0 radical (unpaired) electrons. The van der Waals surface area contributed by atoms with Crippen molar-refractivity contribution < 1.29 is 9.18 Å². The van der Waals surface area contributed by atoms with Crippen LogP contribution in [0.25, 0.3) is 5.69 Å². The maximum atomic E-state index is 13.3. The molecule has 0 spiro atoms. The largest absolute Gasteiger partial charge is 0.330 e. The number of rotatable bonds is 4. The minimum absolute atomic E-state index is 0.0724. The third-order valence-corrected chi connectivity index (χ3v) is 3.35. The van der Waals surface area contributed by atoms with E-state index in [0.29, 0.717) is 22.2 Å². The number of nitrogens with one attached hydrogen (secondary N) is 2. The van der Waals surface area contributed by atoms with Crippen LogP contribution in [0.4, 0.5) is 14.9 Å². The number of nitrogens with zero attached hydrogens (tertiary/aromatic N) is 4. The van der Waals surface area contributed by atoms with Gasteiger partial charge in [-0.15, -0.1) is 5.10 Å². The number of urea groups is 1. The molecule has 0 saturated carbocycles. The fourth-order valence-corrected chi connectivity index (χ4v) is 2.12. The van der Waals surface area contributed by atoms with Gasteiger partial charge in [-0.1, -0.05) is 17.7 Å².